The molecule has 3 atom stereocenters. The van der Waals surface area contributed by atoms with E-state index in [0.29, 0.717) is 18.0 Å². The van der Waals surface area contributed by atoms with Gasteiger partial charge in [-0.05, 0) is 49.1 Å². The highest BCUT2D eigenvalue weighted by Crippen LogP contribution is 2.52. The average Bonchev–Trinajstić information content (AvgIpc) is 2.72. The molecule has 1 amide bonds. The highest BCUT2D eigenvalue weighted by Gasteiger charge is 2.50. The summed E-state index contributed by atoms with van der Waals surface area (Å²) in [5.74, 6) is 1.14. The molecule has 0 spiro atoms. The molecule has 4 heteroatoms. The summed E-state index contributed by atoms with van der Waals surface area (Å²) in [6.07, 6.45) is 5.37. The Bertz CT molecular complexity index is 792. The molecule has 0 bridgehead atoms. The van der Waals surface area contributed by atoms with E-state index in [1.54, 1.807) is 7.11 Å². The van der Waals surface area contributed by atoms with Crippen LogP contribution in [0.5, 0.6) is 5.75 Å². The molecular weight excluding hydrogens is 358 g/mol. The highest BCUT2D eigenvalue weighted by atomic mass is 35.5. The van der Waals surface area contributed by atoms with Crippen LogP contribution in [-0.4, -0.2) is 29.3 Å². The lowest BCUT2D eigenvalue weighted by Crippen LogP contribution is -2.53. The number of carbonyl (C=O) groups excluding carboxylic acids is 1. The van der Waals surface area contributed by atoms with Gasteiger partial charge in [0.15, 0.2) is 0 Å². The second-order valence-electron chi connectivity index (χ2n) is 7.72. The van der Waals surface area contributed by atoms with Crippen molar-refractivity contribution in [1.82, 2.24) is 4.90 Å². The third-order valence-corrected chi connectivity index (χ3v) is 6.90. The maximum absolute atomic E-state index is 13.4. The van der Waals surface area contributed by atoms with Crippen LogP contribution in [0.2, 0.25) is 0 Å². The molecule has 1 heterocycles. The number of hydrogen-bond donors (Lipinski definition) is 0. The van der Waals surface area contributed by atoms with Gasteiger partial charge in [0.1, 0.15) is 5.75 Å². The molecule has 0 unspecified atom stereocenters. The molecule has 2 aromatic rings. The second-order valence-corrected chi connectivity index (χ2v) is 8.47. The van der Waals surface area contributed by atoms with Crippen LogP contribution < -0.4 is 4.74 Å². The van der Waals surface area contributed by atoms with E-state index in [1.807, 2.05) is 35.2 Å². The maximum Gasteiger partial charge on any atom is 0.254 e. The Hall–Kier alpha value is -2.00. The van der Waals surface area contributed by atoms with Crippen molar-refractivity contribution in [2.24, 2.45) is 5.92 Å². The number of carbonyl (C=O) groups is 1. The molecule has 4 rings (SSSR count). The number of fused-ring (bicyclic) bond motifs is 1. The van der Waals surface area contributed by atoms with Gasteiger partial charge in [0, 0.05) is 18.0 Å². The van der Waals surface area contributed by atoms with E-state index in [1.165, 1.54) is 18.4 Å². The Labute approximate surface area is 166 Å². The molecule has 1 aliphatic carbocycles. The fourth-order valence-electron chi connectivity index (χ4n) is 4.83. The van der Waals surface area contributed by atoms with Crippen LogP contribution in [0, 0.1) is 5.92 Å². The summed E-state index contributed by atoms with van der Waals surface area (Å²) in [6, 6.07) is 17.8. The molecule has 2 aromatic carbocycles. The summed E-state index contributed by atoms with van der Waals surface area (Å²) in [7, 11) is 1.63. The van der Waals surface area contributed by atoms with Crippen molar-refractivity contribution in [2.75, 3.05) is 13.7 Å². The lowest BCUT2D eigenvalue weighted by molar-refractivity contribution is 0.0279. The molecule has 0 N–H and O–H groups in total. The predicted molar refractivity (Wildman–Crippen MR) is 108 cm³/mol. The molecule has 1 saturated heterocycles. The smallest absolute Gasteiger partial charge is 0.254 e. The van der Waals surface area contributed by atoms with Crippen LogP contribution in [0.1, 0.15) is 54.1 Å². The van der Waals surface area contributed by atoms with E-state index in [9.17, 15) is 4.79 Å². The number of halogens is 1. The van der Waals surface area contributed by atoms with Gasteiger partial charge in [-0.1, -0.05) is 43.2 Å². The molecule has 27 heavy (non-hydrogen) atoms. The van der Waals surface area contributed by atoms with Crippen molar-refractivity contribution in [2.45, 2.75) is 43.0 Å². The van der Waals surface area contributed by atoms with Crippen LogP contribution in [-0.2, 0) is 0 Å². The Balaban J connectivity index is 1.70. The van der Waals surface area contributed by atoms with E-state index in [4.69, 9.17) is 16.3 Å². The van der Waals surface area contributed by atoms with E-state index in [-0.39, 0.29) is 16.8 Å². The summed E-state index contributed by atoms with van der Waals surface area (Å²) in [5.41, 5.74) is 1.89. The minimum Gasteiger partial charge on any atom is -0.497 e. The summed E-state index contributed by atoms with van der Waals surface area (Å²) in [4.78, 5) is 15.3. The van der Waals surface area contributed by atoms with Gasteiger partial charge in [-0.25, -0.2) is 0 Å². The third-order valence-electron chi connectivity index (χ3n) is 6.25. The number of amides is 1. The van der Waals surface area contributed by atoms with Gasteiger partial charge in [0.2, 0.25) is 0 Å². The predicted octanol–water partition coefficient (Wildman–Crippen LogP) is 5.45. The zero-order valence-corrected chi connectivity index (χ0v) is 16.5. The number of benzene rings is 2. The number of methoxy groups -OCH3 is 1. The average molecular weight is 384 g/mol. The molecule has 1 aliphatic heterocycles. The fraction of sp³-hybridized carbons (Fsp3) is 0.435. The number of rotatable bonds is 3. The number of hydrogen-bond acceptors (Lipinski definition) is 2. The fourth-order valence-corrected chi connectivity index (χ4v) is 5.28. The lowest BCUT2D eigenvalue weighted by Gasteiger charge is -2.52. The van der Waals surface area contributed by atoms with Crippen molar-refractivity contribution < 1.29 is 9.53 Å². The summed E-state index contributed by atoms with van der Waals surface area (Å²) < 4.78 is 5.23. The van der Waals surface area contributed by atoms with Crippen molar-refractivity contribution in [3.05, 3.63) is 65.7 Å². The Kier molecular flexibility index (Phi) is 5.14. The van der Waals surface area contributed by atoms with Crippen LogP contribution in [0.25, 0.3) is 0 Å². The normalized spacial score (nSPS) is 27.7. The van der Waals surface area contributed by atoms with E-state index >= 15 is 0 Å². The van der Waals surface area contributed by atoms with Gasteiger partial charge < -0.3 is 9.64 Å². The van der Waals surface area contributed by atoms with Gasteiger partial charge in [0.05, 0.1) is 18.0 Å². The van der Waals surface area contributed by atoms with Gasteiger partial charge in [-0.15, -0.1) is 11.6 Å². The topological polar surface area (TPSA) is 29.5 Å². The molecule has 0 radical (unpaired) electrons. The van der Waals surface area contributed by atoms with E-state index < -0.39 is 0 Å². The second kappa shape index (κ2) is 7.55. The number of ether oxygens (including phenoxy) is 1. The van der Waals surface area contributed by atoms with Crippen LogP contribution in [0.3, 0.4) is 0 Å². The first kappa shape index (κ1) is 18.4. The van der Waals surface area contributed by atoms with Gasteiger partial charge in [0.25, 0.3) is 5.91 Å². The van der Waals surface area contributed by atoms with E-state index in [0.717, 1.165) is 25.0 Å². The maximum atomic E-state index is 13.4. The molecule has 142 valence electrons. The first-order valence-corrected chi connectivity index (χ1v) is 10.2. The van der Waals surface area contributed by atoms with Gasteiger partial charge >= 0.3 is 0 Å². The Morgan fingerprint density at radius 2 is 1.81 bits per heavy atom. The Morgan fingerprint density at radius 1 is 1.07 bits per heavy atom. The number of piperidine rings is 1. The molecule has 2 fully saturated rings. The minimum absolute atomic E-state index is 0.0346. The summed E-state index contributed by atoms with van der Waals surface area (Å²) in [5, 5.41) is 0. The standard InChI is InChI=1S/C23H26ClNO2/c1-27-19-12-10-18(11-13-19)22(26)25-16-15-23(24)14-6-5-9-20(23)21(25)17-7-3-2-4-8-17/h2-4,7-8,10-13,20-21H,5-6,9,14-16H2,1H3/t20-,21-,23-/m1/s1. The first-order chi connectivity index (χ1) is 13.1. The van der Waals surface area contributed by atoms with Crippen molar-refractivity contribution in [3.63, 3.8) is 0 Å². The SMILES string of the molecule is COc1ccc(C(=O)N2CC[C@]3(Cl)CCCC[C@@H]3[C@H]2c2ccccc2)cc1. The molecule has 1 saturated carbocycles. The highest BCUT2D eigenvalue weighted by molar-refractivity contribution is 6.24. The number of alkyl halides is 1. The first-order valence-electron chi connectivity index (χ1n) is 9.81. The molecule has 3 nitrogen and oxygen atoms in total. The lowest BCUT2D eigenvalue weighted by atomic mass is 9.68. The van der Waals surface area contributed by atoms with Gasteiger partial charge in [-0.2, -0.15) is 0 Å². The quantitative estimate of drug-likeness (QED) is 0.659. The van der Waals surface area contributed by atoms with Crippen LogP contribution in [0.4, 0.5) is 0 Å². The van der Waals surface area contributed by atoms with Crippen molar-refractivity contribution >= 4 is 17.5 Å². The van der Waals surface area contributed by atoms with E-state index in [2.05, 4.69) is 24.3 Å². The summed E-state index contributed by atoms with van der Waals surface area (Å²) in [6.45, 7) is 0.699. The zero-order valence-electron chi connectivity index (χ0n) is 15.7. The summed E-state index contributed by atoms with van der Waals surface area (Å²) >= 11 is 7.12. The molecule has 2 aliphatic rings. The number of nitrogens with zero attached hydrogens (tertiary/aromatic N) is 1. The largest absolute Gasteiger partial charge is 0.497 e. The number of likely N-dealkylation sites (tertiary alicyclic amines) is 1. The molecular formula is C23H26ClNO2. The van der Waals surface area contributed by atoms with Crippen LogP contribution >= 0.6 is 11.6 Å². The Morgan fingerprint density at radius 3 is 2.52 bits per heavy atom. The zero-order chi connectivity index (χ0) is 18.9. The minimum atomic E-state index is -0.185. The van der Waals surface area contributed by atoms with Gasteiger partial charge in [-0.3, -0.25) is 4.79 Å². The van der Waals surface area contributed by atoms with Crippen molar-refractivity contribution in [3.8, 4) is 5.75 Å². The van der Waals surface area contributed by atoms with Crippen molar-refractivity contribution in [1.29, 1.82) is 0 Å². The third kappa shape index (κ3) is 3.45. The molecule has 0 aromatic heterocycles. The monoisotopic (exact) mass is 383 g/mol. The van der Waals surface area contributed by atoms with Crippen LogP contribution in [0.15, 0.2) is 54.6 Å².